The molecule has 0 saturated carbocycles. The van der Waals surface area contributed by atoms with Crippen LogP contribution in [0, 0.1) is 0 Å². The Hall–Kier alpha value is -2.25. The minimum absolute atomic E-state index is 0.288. The van der Waals surface area contributed by atoms with Gasteiger partial charge in [-0.15, -0.1) is 0 Å². The van der Waals surface area contributed by atoms with Crippen LogP contribution in [-0.2, 0) is 4.79 Å². The lowest BCUT2D eigenvalue weighted by atomic mass is 9.96. The Bertz CT molecular complexity index is 755. The van der Waals surface area contributed by atoms with Crippen molar-refractivity contribution in [3.8, 4) is 0 Å². The summed E-state index contributed by atoms with van der Waals surface area (Å²) in [4.78, 5) is 16.2. The first kappa shape index (κ1) is 25.4. The van der Waals surface area contributed by atoms with Gasteiger partial charge in [0.2, 0.25) is 5.91 Å². The van der Waals surface area contributed by atoms with E-state index in [4.69, 9.17) is 5.21 Å². The number of hydrogen-bond acceptors (Lipinski definition) is 5. The van der Waals surface area contributed by atoms with Gasteiger partial charge >= 0.3 is 0 Å². The molecule has 3 N–H and O–H groups in total. The zero-order chi connectivity index (χ0) is 23.3. The van der Waals surface area contributed by atoms with Crippen molar-refractivity contribution >= 4 is 5.91 Å². The van der Waals surface area contributed by atoms with Crippen LogP contribution in [0.4, 0.5) is 0 Å². The van der Waals surface area contributed by atoms with Crippen LogP contribution >= 0.6 is 0 Å². The average molecular weight is 453 g/mol. The Labute approximate surface area is 198 Å². The quantitative estimate of drug-likeness (QED) is 0.242. The van der Waals surface area contributed by atoms with Crippen LogP contribution in [0.3, 0.4) is 0 Å². The average Bonchev–Trinajstić information content (AvgIpc) is 2.87. The number of carbonyl (C=O) groups excluding carboxylic acids is 1. The molecule has 1 atom stereocenters. The van der Waals surface area contributed by atoms with E-state index in [1.165, 1.54) is 17.5 Å². The summed E-state index contributed by atoms with van der Waals surface area (Å²) in [7, 11) is 0. The molecule has 1 saturated heterocycles. The minimum atomic E-state index is -0.288. The highest BCUT2D eigenvalue weighted by Crippen LogP contribution is 2.29. The molecule has 0 spiro atoms. The molecule has 0 aromatic heterocycles. The molecule has 0 aliphatic carbocycles. The first-order chi connectivity index (χ1) is 16.2. The number of nitrogens with zero attached hydrogens (tertiary/aromatic N) is 2. The molecule has 2 aromatic carbocycles. The number of hydrogen-bond donors (Lipinski definition) is 3. The summed E-state index contributed by atoms with van der Waals surface area (Å²) < 4.78 is 0. The second kappa shape index (κ2) is 14.1. The Morgan fingerprint density at radius 3 is 1.91 bits per heavy atom. The lowest BCUT2D eigenvalue weighted by Gasteiger charge is -2.42. The normalized spacial score (nSPS) is 16.1. The third-order valence-corrected chi connectivity index (χ3v) is 6.64. The van der Waals surface area contributed by atoms with Crippen LogP contribution in [0.1, 0.15) is 62.6 Å². The van der Waals surface area contributed by atoms with Crippen molar-refractivity contribution < 1.29 is 10.0 Å². The lowest BCUT2D eigenvalue weighted by Crippen LogP contribution is -2.54. The summed E-state index contributed by atoms with van der Waals surface area (Å²) in [6, 6.07) is 22.0. The molecule has 1 fully saturated rings. The van der Waals surface area contributed by atoms with Crippen LogP contribution in [-0.4, -0.2) is 59.8 Å². The molecule has 1 aliphatic heterocycles. The second-order valence-corrected chi connectivity index (χ2v) is 8.98. The number of benzene rings is 2. The maximum Gasteiger partial charge on any atom is 0.243 e. The van der Waals surface area contributed by atoms with E-state index >= 15 is 0 Å². The molecule has 6 nitrogen and oxygen atoms in total. The monoisotopic (exact) mass is 452 g/mol. The van der Waals surface area contributed by atoms with E-state index in [1.54, 1.807) is 5.48 Å². The van der Waals surface area contributed by atoms with E-state index in [0.29, 0.717) is 18.6 Å². The third-order valence-electron chi connectivity index (χ3n) is 6.64. The van der Waals surface area contributed by atoms with Gasteiger partial charge in [-0.25, -0.2) is 5.48 Å². The van der Waals surface area contributed by atoms with Crippen molar-refractivity contribution in [1.29, 1.82) is 0 Å². The van der Waals surface area contributed by atoms with Crippen molar-refractivity contribution in [3.63, 3.8) is 0 Å². The highest BCUT2D eigenvalue weighted by atomic mass is 16.5. The Morgan fingerprint density at radius 2 is 1.33 bits per heavy atom. The molecular weight excluding hydrogens is 412 g/mol. The largest absolute Gasteiger partial charge is 0.302 e. The van der Waals surface area contributed by atoms with Crippen LogP contribution in [0.15, 0.2) is 60.7 Å². The molecule has 3 rings (SSSR count). The second-order valence-electron chi connectivity index (χ2n) is 8.98. The molecular formula is C27H40N4O2. The molecule has 1 unspecified atom stereocenters. The SMILES string of the molecule is CC(NCCCCCCCC(=O)NO)N1CCN(C(c2ccccc2)c2ccccc2)CC1. The van der Waals surface area contributed by atoms with Gasteiger partial charge in [-0.3, -0.25) is 19.8 Å². The van der Waals surface area contributed by atoms with Crippen LogP contribution in [0.25, 0.3) is 0 Å². The van der Waals surface area contributed by atoms with Gasteiger partial charge in [0.15, 0.2) is 0 Å². The maximum atomic E-state index is 11.0. The molecule has 0 bridgehead atoms. The van der Waals surface area contributed by atoms with Gasteiger partial charge in [0.1, 0.15) is 0 Å². The van der Waals surface area contributed by atoms with E-state index in [1.807, 2.05) is 0 Å². The summed E-state index contributed by atoms with van der Waals surface area (Å²) in [5.74, 6) is -0.288. The topological polar surface area (TPSA) is 67.8 Å². The number of unbranched alkanes of at least 4 members (excludes halogenated alkanes) is 4. The summed E-state index contributed by atoms with van der Waals surface area (Å²) in [6.07, 6.45) is 6.13. The van der Waals surface area contributed by atoms with Gasteiger partial charge in [-0.05, 0) is 37.4 Å². The number of carbonyl (C=O) groups is 1. The fourth-order valence-electron chi connectivity index (χ4n) is 4.70. The molecule has 1 aliphatic rings. The Kier molecular flexibility index (Phi) is 10.8. The first-order valence-corrected chi connectivity index (χ1v) is 12.4. The van der Waals surface area contributed by atoms with Crippen LogP contribution in [0.5, 0.6) is 0 Å². The van der Waals surface area contributed by atoms with Crippen molar-refractivity contribution in [2.45, 2.75) is 57.7 Å². The minimum Gasteiger partial charge on any atom is -0.302 e. The standard InChI is InChI=1S/C27H40N4O2/c1-23(28-18-12-4-2-3-11-17-26(32)29-33)30-19-21-31(22-20-30)27(24-13-7-5-8-14-24)25-15-9-6-10-16-25/h5-10,13-16,23,27-28,33H,2-4,11-12,17-22H2,1H3,(H,29,32). The van der Waals surface area contributed by atoms with Crippen LogP contribution in [0.2, 0.25) is 0 Å². The van der Waals surface area contributed by atoms with Gasteiger partial charge < -0.3 is 5.32 Å². The zero-order valence-corrected chi connectivity index (χ0v) is 20.0. The molecule has 6 heteroatoms. The van der Waals surface area contributed by atoms with E-state index in [0.717, 1.165) is 58.4 Å². The van der Waals surface area contributed by atoms with E-state index < -0.39 is 0 Å². The van der Waals surface area contributed by atoms with Gasteiger partial charge in [0.25, 0.3) is 0 Å². The highest BCUT2D eigenvalue weighted by molar-refractivity contribution is 5.74. The highest BCUT2D eigenvalue weighted by Gasteiger charge is 2.27. The van der Waals surface area contributed by atoms with Crippen molar-refractivity contribution in [3.05, 3.63) is 71.8 Å². The molecule has 2 aromatic rings. The van der Waals surface area contributed by atoms with Gasteiger partial charge in [0, 0.05) is 32.6 Å². The fourth-order valence-corrected chi connectivity index (χ4v) is 4.70. The number of amides is 1. The molecule has 1 amide bonds. The number of nitrogens with one attached hydrogen (secondary N) is 2. The third kappa shape index (κ3) is 8.23. The van der Waals surface area contributed by atoms with Gasteiger partial charge in [-0.1, -0.05) is 79.9 Å². The summed E-state index contributed by atoms with van der Waals surface area (Å²) in [5, 5.41) is 12.2. The van der Waals surface area contributed by atoms with Crippen molar-refractivity contribution in [2.24, 2.45) is 0 Å². The predicted octanol–water partition coefficient (Wildman–Crippen LogP) is 4.18. The molecule has 1 heterocycles. The van der Waals surface area contributed by atoms with Crippen molar-refractivity contribution in [1.82, 2.24) is 20.6 Å². The number of piperazine rings is 1. The summed E-state index contributed by atoms with van der Waals surface area (Å²) >= 11 is 0. The summed E-state index contributed by atoms with van der Waals surface area (Å²) in [5.41, 5.74) is 4.41. The van der Waals surface area contributed by atoms with Gasteiger partial charge in [0.05, 0.1) is 12.2 Å². The lowest BCUT2D eigenvalue weighted by molar-refractivity contribution is -0.129. The smallest absolute Gasteiger partial charge is 0.243 e. The van der Waals surface area contributed by atoms with E-state index in [9.17, 15) is 4.79 Å². The predicted molar refractivity (Wildman–Crippen MR) is 133 cm³/mol. The van der Waals surface area contributed by atoms with Crippen molar-refractivity contribution in [2.75, 3.05) is 32.7 Å². The Morgan fingerprint density at radius 1 is 0.818 bits per heavy atom. The first-order valence-electron chi connectivity index (χ1n) is 12.4. The molecule has 33 heavy (non-hydrogen) atoms. The maximum absolute atomic E-state index is 11.0. The molecule has 0 radical (unpaired) electrons. The fraction of sp³-hybridized carbons (Fsp3) is 0.519. The zero-order valence-electron chi connectivity index (χ0n) is 20.0. The van der Waals surface area contributed by atoms with Crippen LogP contribution < -0.4 is 10.8 Å². The van der Waals surface area contributed by atoms with E-state index in [2.05, 4.69) is 82.7 Å². The Balaban J connectivity index is 1.39. The van der Waals surface area contributed by atoms with E-state index in [-0.39, 0.29) is 5.91 Å². The number of hydroxylamine groups is 1. The van der Waals surface area contributed by atoms with Gasteiger partial charge in [-0.2, -0.15) is 0 Å². The molecule has 180 valence electrons. The summed E-state index contributed by atoms with van der Waals surface area (Å²) in [6.45, 7) is 7.54. The number of rotatable bonds is 13.